The van der Waals surface area contributed by atoms with Crippen molar-refractivity contribution in [3.8, 4) is 0 Å². The number of hydrogen-bond acceptors (Lipinski definition) is 6. The predicted octanol–water partition coefficient (Wildman–Crippen LogP) is 7.58. The molecule has 1 N–H and O–H groups in total. The van der Waals surface area contributed by atoms with Crippen LogP contribution < -0.4 is 5.32 Å². The molecule has 1 saturated heterocycles. The van der Waals surface area contributed by atoms with Crippen LogP contribution in [0.15, 0.2) is 102 Å². The first kappa shape index (κ1) is 34.2. The van der Waals surface area contributed by atoms with Gasteiger partial charge in [-0.25, -0.2) is 4.79 Å². The summed E-state index contributed by atoms with van der Waals surface area (Å²) in [6.07, 6.45) is 1.91. The van der Waals surface area contributed by atoms with Crippen LogP contribution in [0.1, 0.15) is 68.7 Å². The third kappa shape index (κ3) is 5.65. The highest BCUT2D eigenvalue weighted by Gasteiger charge is 2.72. The van der Waals surface area contributed by atoms with Gasteiger partial charge in [-0.15, -0.1) is 23.2 Å². The molecule has 11 heteroatoms. The second-order valence-electron chi connectivity index (χ2n) is 12.7. The lowest BCUT2D eigenvalue weighted by Gasteiger charge is -2.54. The highest BCUT2D eigenvalue weighted by molar-refractivity contribution is 9.10. The van der Waals surface area contributed by atoms with Crippen LogP contribution in [0.3, 0.4) is 0 Å². The first-order valence-corrected chi connectivity index (χ1v) is 17.9. The molecule has 4 aromatic rings. The molecule has 3 amide bonds. The van der Waals surface area contributed by atoms with Crippen LogP contribution in [0.2, 0.25) is 0 Å². The Balaban J connectivity index is 0.900. The largest absolute Gasteiger partial charge is 0.454 e. The quantitative estimate of drug-likeness (QED) is 0.0554. The maximum atomic E-state index is 13.9. The second-order valence-corrected chi connectivity index (χ2v) is 14.8. The molecule has 1 heterocycles. The van der Waals surface area contributed by atoms with Gasteiger partial charge in [0.25, 0.3) is 0 Å². The fraction of sp³-hybridized carbons (Fsp3) is 0.256. The molecule has 0 radical (unpaired) electrons. The Morgan fingerprint density at radius 3 is 1.72 bits per heavy atom. The standard InChI is InChI=1S/C39H31BrCl2N2O6/c40-25-17-13-23(14-18-25)31(45)22-50-37(49)24-15-19-26(20-16-24)43-32(46)12-2-1-7-21-44-35(47)33-34(36(44)48)39(42)28-9-4-3-8-27(28)38(33,41)29-10-5-6-11-30(29)39/h3-6,8-11,13-20,33-34H,1-2,7,12,21-22H2,(H,43,46)/t33-,34-,38?,39?/m0/s1. The van der Waals surface area contributed by atoms with E-state index in [9.17, 15) is 24.0 Å². The van der Waals surface area contributed by atoms with Gasteiger partial charge in [0.1, 0.15) is 9.75 Å². The van der Waals surface area contributed by atoms with E-state index in [-0.39, 0.29) is 48.6 Å². The van der Waals surface area contributed by atoms with E-state index in [0.29, 0.717) is 30.5 Å². The van der Waals surface area contributed by atoms with Crippen LogP contribution in [0.5, 0.6) is 0 Å². The van der Waals surface area contributed by atoms with E-state index in [1.54, 1.807) is 36.4 Å². The molecular weight excluding hydrogens is 743 g/mol. The summed E-state index contributed by atoms with van der Waals surface area (Å²) in [7, 11) is 0. The number of likely N-dealkylation sites (tertiary alicyclic amines) is 1. The van der Waals surface area contributed by atoms with E-state index in [1.165, 1.54) is 17.0 Å². The number of hydrogen-bond donors (Lipinski definition) is 1. The van der Waals surface area contributed by atoms with Crippen molar-refractivity contribution in [3.63, 3.8) is 0 Å². The number of unbranched alkanes of at least 4 members (excludes halogenated alkanes) is 2. The normalized spacial score (nSPS) is 22.8. The summed E-state index contributed by atoms with van der Waals surface area (Å²) in [5, 5.41) is 2.81. The molecule has 0 spiro atoms. The average Bonchev–Trinajstić information content (AvgIpc) is 3.39. The molecule has 8 nitrogen and oxygen atoms in total. The number of carbonyl (C=O) groups is 5. The Kier molecular flexibility index (Phi) is 9.18. The van der Waals surface area contributed by atoms with Gasteiger partial charge in [0.05, 0.1) is 17.4 Å². The summed E-state index contributed by atoms with van der Waals surface area (Å²) in [6.45, 7) is -0.172. The number of amides is 3. The molecule has 8 rings (SSSR count). The number of rotatable bonds is 11. The van der Waals surface area contributed by atoms with Crippen molar-refractivity contribution in [3.05, 3.63) is 135 Å². The monoisotopic (exact) mass is 772 g/mol. The first-order chi connectivity index (χ1) is 24.0. The fourth-order valence-corrected chi connectivity index (χ4v) is 8.89. The maximum Gasteiger partial charge on any atom is 0.338 e. The lowest BCUT2D eigenvalue weighted by molar-refractivity contribution is -0.140. The zero-order chi connectivity index (χ0) is 35.2. The Hall–Kier alpha value is -4.31. The van der Waals surface area contributed by atoms with E-state index in [0.717, 1.165) is 26.7 Å². The molecule has 0 saturated carbocycles. The Bertz CT molecular complexity index is 1910. The number of nitrogens with zero attached hydrogens (tertiary/aromatic N) is 1. The maximum absolute atomic E-state index is 13.9. The summed E-state index contributed by atoms with van der Waals surface area (Å²) in [4.78, 5) is 64.1. The number of Topliss-reactive ketones (excluding diaryl/α,β-unsaturated/α-hetero) is 1. The third-order valence-electron chi connectivity index (χ3n) is 9.87. The zero-order valence-corrected chi connectivity index (χ0v) is 29.8. The van der Waals surface area contributed by atoms with Crippen molar-refractivity contribution in [2.75, 3.05) is 18.5 Å². The van der Waals surface area contributed by atoms with Gasteiger partial charge in [0, 0.05) is 28.7 Å². The van der Waals surface area contributed by atoms with E-state index < -0.39 is 27.6 Å². The van der Waals surface area contributed by atoms with Crippen molar-refractivity contribution in [1.82, 2.24) is 4.90 Å². The molecule has 4 aromatic carbocycles. The molecule has 1 fully saturated rings. The zero-order valence-electron chi connectivity index (χ0n) is 26.7. The van der Waals surface area contributed by atoms with Crippen molar-refractivity contribution in [1.29, 1.82) is 0 Å². The van der Waals surface area contributed by atoms with E-state index in [1.807, 2.05) is 48.5 Å². The number of alkyl halides is 2. The number of esters is 1. The summed E-state index contributed by atoms with van der Waals surface area (Å²) in [5.41, 5.74) is 4.27. The van der Waals surface area contributed by atoms with Crippen LogP contribution in [0, 0.1) is 11.8 Å². The van der Waals surface area contributed by atoms with Gasteiger partial charge in [-0.1, -0.05) is 83.0 Å². The number of benzene rings is 4. The van der Waals surface area contributed by atoms with Crippen molar-refractivity contribution >= 4 is 74.3 Å². The number of imide groups is 1. The minimum Gasteiger partial charge on any atom is -0.454 e. The Labute approximate surface area is 307 Å². The van der Waals surface area contributed by atoms with Gasteiger partial charge in [-0.3, -0.25) is 24.1 Å². The van der Waals surface area contributed by atoms with Crippen LogP contribution in [-0.2, 0) is 28.9 Å². The molecule has 0 unspecified atom stereocenters. The van der Waals surface area contributed by atoms with Gasteiger partial charge in [0.2, 0.25) is 17.7 Å². The summed E-state index contributed by atoms with van der Waals surface area (Å²) >= 11 is 18.2. The molecule has 4 aliphatic rings. The number of ether oxygens (including phenoxy) is 1. The van der Waals surface area contributed by atoms with Crippen molar-refractivity contribution < 1.29 is 28.7 Å². The molecule has 0 aromatic heterocycles. The summed E-state index contributed by atoms with van der Waals surface area (Å²) < 4.78 is 5.99. The van der Waals surface area contributed by atoms with Crippen molar-refractivity contribution in [2.45, 2.75) is 35.4 Å². The van der Waals surface area contributed by atoms with Gasteiger partial charge in [-0.05, 0) is 71.5 Å². The third-order valence-corrected chi connectivity index (χ3v) is 11.7. The molecular formula is C39H31BrCl2N2O6. The van der Waals surface area contributed by atoms with Gasteiger partial charge in [-0.2, -0.15) is 0 Å². The minimum atomic E-state index is -1.20. The lowest BCUT2D eigenvalue weighted by atomic mass is 9.54. The summed E-state index contributed by atoms with van der Waals surface area (Å²) in [6, 6.07) is 28.1. The van der Waals surface area contributed by atoms with Crippen LogP contribution in [0.4, 0.5) is 5.69 Å². The fourth-order valence-electron chi connectivity index (χ4n) is 7.52. The SMILES string of the molecule is O=C(CCCCCN1C(=O)[C@@H]2[C@@H](C1=O)C1(Cl)c3ccccc3C2(Cl)c2ccccc21)Nc1ccc(C(=O)OCC(=O)c2ccc(Br)cc2)cc1. The molecule has 2 atom stereocenters. The topological polar surface area (TPSA) is 110 Å². The number of anilines is 1. The van der Waals surface area contributed by atoms with E-state index in [4.69, 9.17) is 27.9 Å². The average molecular weight is 774 g/mol. The molecule has 2 bridgehead atoms. The number of halogens is 3. The molecule has 3 aliphatic carbocycles. The predicted molar refractivity (Wildman–Crippen MR) is 192 cm³/mol. The summed E-state index contributed by atoms with van der Waals surface area (Å²) in [5.74, 6) is -3.44. The van der Waals surface area contributed by atoms with Gasteiger partial charge in [0.15, 0.2) is 12.4 Å². The molecule has 254 valence electrons. The van der Waals surface area contributed by atoms with Crippen LogP contribution in [-0.4, -0.2) is 47.5 Å². The van der Waals surface area contributed by atoms with Crippen LogP contribution in [0.25, 0.3) is 0 Å². The smallest absolute Gasteiger partial charge is 0.338 e. The van der Waals surface area contributed by atoms with Crippen molar-refractivity contribution in [2.24, 2.45) is 11.8 Å². The first-order valence-electron chi connectivity index (χ1n) is 16.3. The number of nitrogens with one attached hydrogen (secondary N) is 1. The second kappa shape index (κ2) is 13.4. The highest BCUT2D eigenvalue weighted by Crippen LogP contribution is 2.69. The van der Waals surface area contributed by atoms with Gasteiger partial charge >= 0.3 is 5.97 Å². The minimum absolute atomic E-state index is 0.208. The Morgan fingerprint density at radius 2 is 1.20 bits per heavy atom. The Morgan fingerprint density at radius 1 is 0.700 bits per heavy atom. The van der Waals surface area contributed by atoms with Gasteiger partial charge < -0.3 is 10.1 Å². The van der Waals surface area contributed by atoms with Crippen LogP contribution >= 0.6 is 39.1 Å². The molecule has 50 heavy (non-hydrogen) atoms. The van der Waals surface area contributed by atoms with E-state index >= 15 is 0 Å². The highest BCUT2D eigenvalue weighted by atomic mass is 79.9. The lowest BCUT2D eigenvalue weighted by Crippen LogP contribution is -2.57. The number of ketones is 1. The molecule has 1 aliphatic heterocycles. The number of carbonyl (C=O) groups excluding carboxylic acids is 5. The van der Waals surface area contributed by atoms with E-state index in [2.05, 4.69) is 21.2 Å².